The normalized spacial score (nSPS) is 16.7. The van der Waals surface area contributed by atoms with Gasteiger partial charge in [-0.2, -0.15) is 18.2 Å². The van der Waals surface area contributed by atoms with E-state index < -0.39 is 29.4 Å². The summed E-state index contributed by atoms with van der Waals surface area (Å²) in [5.41, 5.74) is 0.194. The summed E-state index contributed by atoms with van der Waals surface area (Å²) in [5, 5.41) is 20.6. The predicted octanol–water partition coefficient (Wildman–Crippen LogP) is 3.98. The molecule has 1 aromatic heterocycles. The third-order valence-electron chi connectivity index (χ3n) is 4.63. The van der Waals surface area contributed by atoms with E-state index in [2.05, 4.69) is 9.98 Å². The molecular formula is C21H14F3N3O3. The van der Waals surface area contributed by atoms with Gasteiger partial charge in [0.05, 0.1) is 22.6 Å². The maximum absolute atomic E-state index is 13.0. The van der Waals surface area contributed by atoms with Crippen molar-refractivity contribution < 1.29 is 28.3 Å². The minimum atomic E-state index is -4.67. The number of aliphatic imine (C=N–C) groups is 1. The zero-order valence-corrected chi connectivity index (χ0v) is 15.2. The highest BCUT2D eigenvalue weighted by Crippen LogP contribution is 2.38. The summed E-state index contributed by atoms with van der Waals surface area (Å²) in [6.45, 7) is 0. The van der Waals surface area contributed by atoms with Crippen LogP contribution in [0.2, 0.25) is 0 Å². The SMILES string of the molecule is O=C1C(O)C(c2cccc(-c3cccnc3)c2)=Nc2ccc(C(F)(F)F)cc2N1O. The van der Waals surface area contributed by atoms with Gasteiger partial charge in [0, 0.05) is 18.0 Å². The van der Waals surface area contributed by atoms with Gasteiger partial charge in [0.1, 0.15) is 0 Å². The lowest BCUT2D eigenvalue weighted by Crippen LogP contribution is -2.40. The molecule has 0 aliphatic carbocycles. The molecule has 2 aromatic carbocycles. The van der Waals surface area contributed by atoms with Gasteiger partial charge < -0.3 is 5.11 Å². The second-order valence-corrected chi connectivity index (χ2v) is 6.57. The van der Waals surface area contributed by atoms with Gasteiger partial charge in [-0.1, -0.05) is 24.3 Å². The van der Waals surface area contributed by atoms with Crippen LogP contribution in [0.5, 0.6) is 0 Å². The molecule has 1 aliphatic heterocycles. The third-order valence-corrected chi connectivity index (χ3v) is 4.63. The van der Waals surface area contributed by atoms with E-state index in [0.717, 1.165) is 23.3 Å². The summed E-state index contributed by atoms with van der Waals surface area (Å²) in [6, 6.07) is 12.8. The van der Waals surface area contributed by atoms with Crippen molar-refractivity contribution in [2.24, 2.45) is 4.99 Å². The van der Waals surface area contributed by atoms with E-state index in [1.54, 1.807) is 42.7 Å². The predicted molar refractivity (Wildman–Crippen MR) is 103 cm³/mol. The number of hydroxylamine groups is 1. The number of amides is 1. The van der Waals surface area contributed by atoms with Crippen LogP contribution in [0.4, 0.5) is 24.5 Å². The molecule has 9 heteroatoms. The zero-order valence-electron chi connectivity index (χ0n) is 15.2. The van der Waals surface area contributed by atoms with Gasteiger partial charge in [-0.15, -0.1) is 0 Å². The minimum absolute atomic E-state index is 0.00327. The Hall–Kier alpha value is -3.56. The Labute approximate surface area is 168 Å². The summed E-state index contributed by atoms with van der Waals surface area (Å²) in [7, 11) is 0. The molecule has 30 heavy (non-hydrogen) atoms. The first-order valence-electron chi connectivity index (χ1n) is 8.77. The number of anilines is 1. The zero-order chi connectivity index (χ0) is 21.5. The number of aliphatic hydroxyl groups is 1. The molecule has 2 heterocycles. The number of alkyl halides is 3. The Morgan fingerprint density at radius 1 is 0.967 bits per heavy atom. The molecule has 1 amide bonds. The maximum atomic E-state index is 13.0. The first-order valence-corrected chi connectivity index (χ1v) is 8.77. The Morgan fingerprint density at radius 3 is 2.40 bits per heavy atom. The molecular weight excluding hydrogens is 399 g/mol. The topological polar surface area (TPSA) is 86.0 Å². The molecule has 1 aliphatic rings. The van der Waals surface area contributed by atoms with E-state index in [1.165, 1.54) is 0 Å². The highest BCUT2D eigenvalue weighted by molar-refractivity contribution is 6.21. The fourth-order valence-electron chi connectivity index (χ4n) is 3.12. The number of aliphatic hydroxyl groups excluding tert-OH is 1. The molecule has 4 rings (SSSR count). The molecule has 3 aromatic rings. The smallest absolute Gasteiger partial charge is 0.377 e. The Balaban J connectivity index is 1.84. The lowest BCUT2D eigenvalue weighted by atomic mass is 9.99. The number of carbonyl (C=O) groups excluding carboxylic acids is 1. The summed E-state index contributed by atoms with van der Waals surface area (Å²) in [5.74, 6) is -1.21. The molecule has 1 atom stereocenters. The summed E-state index contributed by atoms with van der Waals surface area (Å²) in [6.07, 6.45) is -3.29. The Bertz CT molecular complexity index is 1150. The van der Waals surface area contributed by atoms with Gasteiger partial charge in [0.2, 0.25) is 0 Å². The number of halogens is 3. The molecule has 0 radical (unpaired) electrons. The second kappa shape index (κ2) is 7.36. The van der Waals surface area contributed by atoms with E-state index >= 15 is 0 Å². The molecule has 0 spiro atoms. The van der Waals surface area contributed by atoms with Crippen LogP contribution < -0.4 is 5.06 Å². The quantitative estimate of drug-likeness (QED) is 0.623. The van der Waals surface area contributed by atoms with Crippen molar-refractivity contribution in [1.29, 1.82) is 0 Å². The van der Waals surface area contributed by atoms with Crippen LogP contribution in [0.25, 0.3) is 11.1 Å². The standard InChI is InChI=1S/C21H14F3N3O3/c22-21(23,24)15-6-7-16-17(10-15)27(30)20(29)19(28)18(26-16)13-4-1-3-12(9-13)14-5-2-8-25-11-14/h1-11,19,28,30H. The average molecular weight is 413 g/mol. The van der Waals surface area contributed by atoms with Gasteiger partial charge in [-0.25, -0.2) is 4.99 Å². The van der Waals surface area contributed by atoms with E-state index in [9.17, 15) is 28.3 Å². The van der Waals surface area contributed by atoms with Gasteiger partial charge >= 0.3 is 6.18 Å². The Kier molecular flexibility index (Phi) is 4.84. The molecule has 1 unspecified atom stereocenters. The monoisotopic (exact) mass is 413 g/mol. The van der Waals surface area contributed by atoms with E-state index in [4.69, 9.17) is 0 Å². The van der Waals surface area contributed by atoms with Crippen LogP contribution in [-0.4, -0.2) is 33.0 Å². The number of hydrogen-bond donors (Lipinski definition) is 2. The van der Waals surface area contributed by atoms with Crippen molar-refractivity contribution in [3.63, 3.8) is 0 Å². The van der Waals surface area contributed by atoms with Crippen molar-refractivity contribution in [3.8, 4) is 11.1 Å². The molecule has 0 fully saturated rings. The fourth-order valence-corrected chi connectivity index (χ4v) is 3.12. The van der Waals surface area contributed by atoms with Crippen molar-refractivity contribution >= 4 is 23.0 Å². The van der Waals surface area contributed by atoms with Crippen LogP contribution in [-0.2, 0) is 11.0 Å². The van der Waals surface area contributed by atoms with Crippen molar-refractivity contribution in [2.45, 2.75) is 12.3 Å². The first kappa shape index (κ1) is 19.7. The van der Waals surface area contributed by atoms with Gasteiger partial charge in [-0.05, 0) is 41.5 Å². The second-order valence-electron chi connectivity index (χ2n) is 6.57. The molecule has 152 valence electrons. The molecule has 6 nitrogen and oxygen atoms in total. The summed E-state index contributed by atoms with van der Waals surface area (Å²) >= 11 is 0. The van der Waals surface area contributed by atoms with Crippen LogP contribution in [0.15, 0.2) is 72.0 Å². The third kappa shape index (κ3) is 3.56. The summed E-state index contributed by atoms with van der Waals surface area (Å²) < 4.78 is 39.1. The van der Waals surface area contributed by atoms with E-state index in [-0.39, 0.29) is 16.5 Å². The highest BCUT2D eigenvalue weighted by Gasteiger charge is 2.36. The number of nitrogens with zero attached hydrogens (tertiary/aromatic N) is 3. The van der Waals surface area contributed by atoms with Crippen LogP contribution in [0.1, 0.15) is 11.1 Å². The van der Waals surface area contributed by atoms with Gasteiger partial charge in [-0.3, -0.25) is 15.0 Å². The first-order chi connectivity index (χ1) is 14.3. The average Bonchev–Trinajstić information content (AvgIpc) is 2.84. The van der Waals surface area contributed by atoms with Crippen molar-refractivity contribution in [2.75, 3.05) is 5.06 Å². The maximum Gasteiger partial charge on any atom is 0.416 e. The molecule has 0 saturated heterocycles. The lowest BCUT2D eigenvalue weighted by molar-refractivity contribution is -0.137. The van der Waals surface area contributed by atoms with Crippen LogP contribution in [0.3, 0.4) is 0 Å². The lowest BCUT2D eigenvalue weighted by Gasteiger charge is -2.18. The highest BCUT2D eigenvalue weighted by atomic mass is 19.4. The van der Waals surface area contributed by atoms with Crippen molar-refractivity contribution in [1.82, 2.24) is 4.98 Å². The number of aromatic nitrogens is 1. The molecule has 2 N–H and O–H groups in total. The summed E-state index contributed by atoms with van der Waals surface area (Å²) in [4.78, 5) is 20.7. The van der Waals surface area contributed by atoms with E-state index in [1.807, 2.05) is 6.07 Å². The van der Waals surface area contributed by atoms with Gasteiger partial charge in [0.25, 0.3) is 5.91 Å². The largest absolute Gasteiger partial charge is 0.416 e. The number of hydrogen-bond acceptors (Lipinski definition) is 5. The fraction of sp³-hybridized carbons (Fsp3) is 0.0952. The number of fused-ring (bicyclic) bond motifs is 1. The Morgan fingerprint density at radius 2 is 1.70 bits per heavy atom. The number of rotatable bonds is 2. The number of carbonyl (C=O) groups is 1. The van der Waals surface area contributed by atoms with Crippen molar-refractivity contribution in [3.05, 3.63) is 78.1 Å². The molecule has 0 saturated carbocycles. The van der Waals surface area contributed by atoms with Crippen LogP contribution >= 0.6 is 0 Å². The van der Waals surface area contributed by atoms with Crippen LogP contribution in [0, 0.1) is 0 Å². The van der Waals surface area contributed by atoms with Gasteiger partial charge in [0.15, 0.2) is 6.10 Å². The minimum Gasteiger partial charge on any atom is -0.377 e. The number of benzene rings is 2. The van der Waals surface area contributed by atoms with E-state index in [0.29, 0.717) is 11.6 Å². The molecule has 0 bridgehead atoms. The number of pyridine rings is 1.